The molecular weight excluding hydrogens is 324 g/mol. The maximum atomic E-state index is 12.1. The van der Waals surface area contributed by atoms with Crippen molar-refractivity contribution in [2.75, 3.05) is 32.8 Å². The minimum Gasteiger partial charge on any atom is -0.492 e. The summed E-state index contributed by atoms with van der Waals surface area (Å²) in [4.78, 5) is 27.3. The quantitative estimate of drug-likeness (QED) is 0.867. The Morgan fingerprint density at radius 3 is 2.64 bits per heavy atom. The average molecular weight is 348 g/mol. The van der Waals surface area contributed by atoms with Gasteiger partial charge in [0.2, 0.25) is 0 Å². The lowest BCUT2D eigenvalue weighted by atomic mass is 9.91. The first-order valence-corrected chi connectivity index (χ1v) is 8.62. The third kappa shape index (κ3) is 4.04. The summed E-state index contributed by atoms with van der Waals surface area (Å²) in [6, 6.07) is 9.47. The number of aliphatic hydroxyl groups excluding tert-OH is 1. The molecule has 136 valence electrons. The van der Waals surface area contributed by atoms with E-state index >= 15 is 0 Å². The van der Waals surface area contributed by atoms with Crippen LogP contribution < -0.4 is 4.74 Å². The summed E-state index contributed by atoms with van der Waals surface area (Å²) >= 11 is 0. The molecule has 3 rings (SSSR count). The first-order valence-electron chi connectivity index (χ1n) is 8.62. The molecule has 2 fully saturated rings. The number of nitrogens with zero attached hydrogens (tertiary/aromatic N) is 2. The molecular formula is C18H24N2O5. The summed E-state index contributed by atoms with van der Waals surface area (Å²) in [5, 5.41) is 9.41. The third-order valence-corrected chi connectivity index (χ3v) is 4.76. The maximum absolute atomic E-state index is 12.1. The maximum Gasteiger partial charge on any atom is 0.410 e. The average Bonchev–Trinajstić information content (AvgIpc) is 2.91. The lowest BCUT2D eigenvalue weighted by molar-refractivity contribution is -0.142. The molecule has 1 aromatic carbocycles. The first-order chi connectivity index (χ1) is 12.0. The van der Waals surface area contributed by atoms with E-state index < -0.39 is 11.7 Å². The second-order valence-corrected chi connectivity index (χ2v) is 6.64. The van der Waals surface area contributed by atoms with E-state index in [4.69, 9.17) is 9.47 Å². The molecule has 0 saturated carbocycles. The predicted octanol–water partition coefficient (Wildman–Crippen LogP) is 1.26. The molecule has 7 nitrogen and oxygen atoms in total. The number of para-hydroxylation sites is 1. The fourth-order valence-electron chi connectivity index (χ4n) is 3.31. The molecule has 1 atom stereocenters. The van der Waals surface area contributed by atoms with Gasteiger partial charge in [-0.15, -0.1) is 0 Å². The van der Waals surface area contributed by atoms with E-state index in [-0.39, 0.29) is 12.0 Å². The van der Waals surface area contributed by atoms with Crippen LogP contribution in [0.3, 0.4) is 0 Å². The van der Waals surface area contributed by atoms with Crippen molar-refractivity contribution in [2.45, 2.75) is 31.5 Å². The zero-order chi connectivity index (χ0) is 17.9. The second-order valence-electron chi connectivity index (χ2n) is 6.64. The number of amides is 2. The van der Waals surface area contributed by atoms with Gasteiger partial charge in [0.05, 0.1) is 13.1 Å². The van der Waals surface area contributed by atoms with Crippen molar-refractivity contribution in [3.05, 3.63) is 30.3 Å². The summed E-state index contributed by atoms with van der Waals surface area (Å²) < 4.78 is 11.3. The zero-order valence-corrected chi connectivity index (χ0v) is 14.4. The number of ether oxygens (including phenoxy) is 2. The Kier molecular flexibility index (Phi) is 5.13. The van der Waals surface area contributed by atoms with Gasteiger partial charge in [-0.3, -0.25) is 4.79 Å². The number of carbonyl (C=O) groups excluding carboxylic acids is 2. The third-order valence-electron chi connectivity index (χ3n) is 4.76. The van der Waals surface area contributed by atoms with E-state index in [1.54, 1.807) is 9.80 Å². The van der Waals surface area contributed by atoms with Crippen molar-refractivity contribution < 1.29 is 24.2 Å². The van der Waals surface area contributed by atoms with Gasteiger partial charge in [-0.25, -0.2) is 4.79 Å². The van der Waals surface area contributed by atoms with Gasteiger partial charge in [0.25, 0.3) is 5.91 Å². The van der Waals surface area contributed by atoms with Gasteiger partial charge < -0.3 is 24.4 Å². The van der Waals surface area contributed by atoms with Crippen LogP contribution in [0.25, 0.3) is 0 Å². The van der Waals surface area contributed by atoms with Crippen LogP contribution >= 0.6 is 0 Å². The highest BCUT2D eigenvalue weighted by Crippen LogP contribution is 2.33. The molecule has 7 heteroatoms. The van der Waals surface area contributed by atoms with E-state index in [1.165, 1.54) is 6.92 Å². The SMILES string of the molecule is C[C@@H](O)C(=O)N1CCC2(CC1)CN(CCOc1ccccc1)C(=O)O2. The Morgan fingerprint density at radius 1 is 1.32 bits per heavy atom. The van der Waals surface area contributed by atoms with Crippen LogP contribution in [0.5, 0.6) is 5.75 Å². The molecule has 1 aromatic rings. The van der Waals surface area contributed by atoms with Crippen molar-refractivity contribution in [1.82, 2.24) is 9.80 Å². The van der Waals surface area contributed by atoms with E-state index in [0.29, 0.717) is 45.6 Å². The Balaban J connectivity index is 1.48. The van der Waals surface area contributed by atoms with Crippen molar-refractivity contribution >= 4 is 12.0 Å². The van der Waals surface area contributed by atoms with Crippen LogP contribution in [-0.2, 0) is 9.53 Å². The molecule has 0 aromatic heterocycles. The number of likely N-dealkylation sites (tertiary alicyclic amines) is 1. The molecule has 2 heterocycles. The molecule has 0 radical (unpaired) electrons. The molecule has 2 saturated heterocycles. The molecule has 1 N–H and O–H groups in total. The Bertz CT molecular complexity index is 611. The fourth-order valence-corrected chi connectivity index (χ4v) is 3.31. The number of piperidine rings is 1. The first kappa shape index (κ1) is 17.5. The Morgan fingerprint density at radius 2 is 2.00 bits per heavy atom. The summed E-state index contributed by atoms with van der Waals surface area (Å²) in [6.07, 6.45) is -0.140. The van der Waals surface area contributed by atoms with Crippen LogP contribution in [0.15, 0.2) is 30.3 Å². The van der Waals surface area contributed by atoms with E-state index in [2.05, 4.69) is 0 Å². The second kappa shape index (κ2) is 7.31. The van der Waals surface area contributed by atoms with Crippen molar-refractivity contribution in [3.8, 4) is 5.75 Å². The van der Waals surface area contributed by atoms with Crippen molar-refractivity contribution in [3.63, 3.8) is 0 Å². The number of benzene rings is 1. The number of carbonyl (C=O) groups is 2. The molecule has 25 heavy (non-hydrogen) atoms. The molecule has 2 amide bonds. The van der Waals surface area contributed by atoms with Gasteiger partial charge in [-0.1, -0.05) is 18.2 Å². The number of rotatable bonds is 5. The van der Waals surface area contributed by atoms with Crippen LogP contribution in [0, 0.1) is 0 Å². The largest absolute Gasteiger partial charge is 0.492 e. The van der Waals surface area contributed by atoms with Gasteiger partial charge in [-0.05, 0) is 19.1 Å². The van der Waals surface area contributed by atoms with Gasteiger partial charge >= 0.3 is 6.09 Å². The molecule has 2 aliphatic rings. The smallest absolute Gasteiger partial charge is 0.410 e. The molecule has 1 spiro atoms. The highest BCUT2D eigenvalue weighted by atomic mass is 16.6. The fraction of sp³-hybridized carbons (Fsp3) is 0.556. The Hall–Kier alpha value is -2.28. The highest BCUT2D eigenvalue weighted by Gasteiger charge is 2.47. The van der Waals surface area contributed by atoms with Crippen molar-refractivity contribution in [1.29, 1.82) is 0 Å². The minimum atomic E-state index is -0.994. The standard InChI is InChI=1S/C18H24N2O5/c1-14(21)16(22)19-9-7-18(8-10-19)13-20(17(23)25-18)11-12-24-15-5-3-2-4-6-15/h2-6,14,21H,7-13H2,1H3/t14-/m1/s1. The van der Waals surface area contributed by atoms with Gasteiger partial charge in [0, 0.05) is 25.9 Å². The normalized spacial score (nSPS) is 20.5. The molecule has 0 bridgehead atoms. The molecule has 0 aliphatic carbocycles. The van der Waals surface area contributed by atoms with Crippen LogP contribution in [0.1, 0.15) is 19.8 Å². The zero-order valence-electron chi connectivity index (χ0n) is 14.4. The predicted molar refractivity (Wildman–Crippen MR) is 90.2 cm³/mol. The number of hydrogen-bond acceptors (Lipinski definition) is 5. The van der Waals surface area contributed by atoms with Crippen LogP contribution in [-0.4, -0.2) is 71.4 Å². The molecule has 0 unspecified atom stereocenters. The summed E-state index contributed by atoms with van der Waals surface area (Å²) in [5.41, 5.74) is -0.528. The van der Waals surface area contributed by atoms with Crippen LogP contribution in [0.4, 0.5) is 4.79 Å². The summed E-state index contributed by atoms with van der Waals surface area (Å²) in [6.45, 7) is 3.84. The molecule has 2 aliphatic heterocycles. The van der Waals surface area contributed by atoms with E-state index in [1.807, 2.05) is 30.3 Å². The minimum absolute atomic E-state index is 0.271. The monoisotopic (exact) mass is 348 g/mol. The van der Waals surface area contributed by atoms with E-state index in [0.717, 1.165) is 5.75 Å². The Labute approximate surface area is 147 Å². The van der Waals surface area contributed by atoms with Gasteiger partial charge in [-0.2, -0.15) is 0 Å². The lowest BCUT2D eigenvalue weighted by Crippen LogP contribution is -2.50. The summed E-state index contributed by atoms with van der Waals surface area (Å²) in [5.74, 6) is 0.502. The topological polar surface area (TPSA) is 79.3 Å². The highest BCUT2D eigenvalue weighted by molar-refractivity contribution is 5.80. The van der Waals surface area contributed by atoms with Crippen LogP contribution in [0.2, 0.25) is 0 Å². The number of aliphatic hydroxyl groups is 1. The lowest BCUT2D eigenvalue weighted by Gasteiger charge is -2.37. The summed E-state index contributed by atoms with van der Waals surface area (Å²) in [7, 11) is 0. The van der Waals surface area contributed by atoms with Gasteiger partial charge in [0.15, 0.2) is 0 Å². The van der Waals surface area contributed by atoms with Gasteiger partial charge in [0.1, 0.15) is 24.1 Å². The van der Waals surface area contributed by atoms with E-state index in [9.17, 15) is 14.7 Å². The number of hydrogen-bond donors (Lipinski definition) is 1. The van der Waals surface area contributed by atoms with Crippen molar-refractivity contribution in [2.24, 2.45) is 0 Å².